The maximum Gasteiger partial charge on any atom is 0.317 e. The summed E-state index contributed by atoms with van der Waals surface area (Å²) in [6.07, 6.45) is 0. The molecule has 2 aromatic rings. The maximum atomic E-state index is 13.0. The molecule has 2 rings (SSSR count). The molecule has 0 N–H and O–H groups in total. The number of ketones is 1. The van der Waals surface area contributed by atoms with Crippen LogP contribution in [0.2, 0.25) is 0 Å². The topological polar surface area (TPSA) is 43.4 Å². The summed E-state index contributed by atoms with van der Waals surface area (Å²) in [6, 6.07) is 13.8. The van der Waals surface area contributed by atoms with E-state index in [-0.39, 0.29) is 24.1 Å². The van der Waals surface area contributed by atoms with Crippen LogP contribution in [-0.2, 0) is 14.3 Å². The van der Waals surface area contributed by atoms with Gasteiger partial charge in [-0.05, 0) is 42.7 Å². The van der Waals surface area contributed by atoms with Gasteiger partial charge in [-0.25, -0.2) is 4.39 Å². The van der Waals surface area contributed by atoms with E-state index in [0.29, 0.717) is 0 Å². The highest BCUT2D eigenvalue weighted by Gasteiger charge is 2.31. The van der Waals surface area contributed by atoms with Crippen LogP contribution in [0, 0.1) is 11.7 Å². The second-order valence-corrected chi connectivity index (χ2v) is 5.76. The van der Waals surface area contributed by atoms with E-state index in [1.54, 1.807) is 19.1 Å². The second kappa shape index (κ2) is 7.86. The van der Waals surface area contributed by atoms with Crippen molar-refractivity contribution >= 4 is 11.8 Å². The first-order valence-electron chi connectivity index (χ1n) is 7.97. The molecular weight excluding hydrogens is 307 g/mol. The minimum atomic E-state index is -0.804. The summed E-state index contributed by atoms with van der Waals surface area (Å²) < 4.78 is 18.0. The SMILES string of the molecule is CCOC(=O)C(C(C)=O)C(C)c1ccc(-c2ccc(F)cc2)cc1. The molecular formula is C20H21FO3. The lowest BCUT2D eigenvalue weighted by atomic mass is 9.84. The monoisotopic (exact) mass is 328 g/mol. The predicted molar refractivity (Wildman–Crippen MR) is 91.1 cm³/mol. The van der Waals surface area contributed by atoms with Crippen LogP contribution in [0.5, 0.6) is 0 Å². The fourth-order valence-electron chi connectivity index (χ4n) is 2.77. The van der Waals surface area contributed by atoms with E-state index in [2.05, 4.69) is 0 Å². The first-order valence-corrected chi connectivity index (χ1v) is 7.97. The summed E-state index contributed by atoms with van der Waals surface area (Å²) in [4.78, 5) is 23.9. The molecule has 0 aromatic heterocycles. The third-order valence-corrected chi connectivity index (χ3v) is 4.09. The highest BCUT2D eigenvalue weighted by atomic mass is 19.1. The van der Waals surface area contributed by atoms with Gasteiger partial charge >= 0.3 is 5.97 Å². The molecule has 2 atom stereocenters. The van der Waals surface area contributed by atoms with Crippen molar-refractivity contribution in [2.75, 3.05) is 6.61 Å². The molecule has 0 amide bonds. The lowest BCUT2D eigenvalue weighted by molar-refractivity contribution is -0.151. The molecule has 0 aliphatic heterocycles. The number of ether oxygens (including phenoxy) is 1. The van der Waals surface area contributed by atoms with Crippen LogP contribution in [-0.4, -0.2) is 18.4 Å². The first kappa shape index (κ1) is 17.9. The van der Waals surface area contributed by atoms with E-state index >= 15 is 0 Å². The average molecular weight is 328 g/mol. The molecule has 0 aliphatic rings. The summed E-state index contributed by atoms with van der Waals surface area (Å²) >= 11 is 0. The lowest BCUT2D eigenvalue weighted by Gasteiger charge is -2.20. The molecule has 4 heteroatoms. The fraction of sp³-hybridized carbons (Fsp3) is 0.300. The van der Waals surface area contributed by atoms with Crippen LogP contribution < -0.4 is 0 Å². The summed E-state index contributed by atoms with van der Waals surface area (Å²) in [5, 5.41) is 0. The van der Waals surface area contributed by atoms with E-state index in [1.807, 2.05) is 31.2 Å². The van der Waals surface area contributed by atoms with Crippen molar-refractivity contribution < 1.29 is 18.7 Å². The van der Waals surface area contributed by atoms with Crippen molar-refractivity contribution in [2.24, 2.45) is 5.92 Å². The molecule has 2 aromatic carbocycles. The molecule has 3 nitrogen and oxygen atoms in total. The molecule has 0 saturated carbocycles. The fourth-order valence-corrected chi connectivity index (χ4v) is 2.77. The van der Waals surface area contributed by atoms with E-state index < -0.39 is 11.9 Å². The summed E-state index contributed by atoms with van der Waals surface area (Å²) in [7, 11) is 0. The van der Waals surface area contributed by atoms with Gasteiger partial charge in [0.1, 0.15) is 17.5 Å². The third-order valence-electron chi connectivity index (χ3n) is 4.09. The van der Waals surface area contributed by atoms with Crippen LogP contribution in [0.1, 0.15) is 32.3 Å². The van der Waals surface area contributed by atoms with Gasteiger partial charge in [0.05, 0.1) is 6.61 Å². The van der Waals surface area contributed by atoms with Crippen LogP contribution >= 0.6 is 0 Å². The number of halogens is 1. The van der Waals surface area contributed by atoms with Gasteiger partial charge in [-0.3, -0.25) is 9.59 Å². The summed E-state index contributed by atoms with van der Waals surface area (Å²) in [5.74, 6) is -2.04. The summed E-state index contributed by atoms with van der Waals surface area (Å²) in [6.45, 7) is 5.22. The third kappa shape index (κ3) is 4.07. The van der Waals surface area contributed by atoms with Crippen LogP contribution in [0.3, 0.4) is 0 Å². The zero-order valence-electron chi connectivity index (χ0n) is 14.1. The number of carbonyl (C=O) groups is 2. The Hall–Kier alpha value is -2.49. The molecule has 0 radical (unpaired) electrons. The van der Waals surface area contributed by atoms with Gasteiger partial charge < -0.3 is 4.74 Å². The molecule has 0 bridgehead atoms. The van der Waals surface area contributed by atoms with Crippen molar-refractivity contribution in [3.8, 4) is 11.1 Å². The Morgan fingerprint density at radius 1 is 1.00 bits per heavy atom. The number of Topliss-reactive ketones (excluding diaryl/α,β-unsaturated/α-hetero) is 1. The Kier molecular flexibility index (Phi) is 5.85. The number of hydrogen-bond donors (Lipinski definition) is 0. The van der Waals surface area contributed by atoms with E-state index in [1.165, 1.54) is 19.1 Å². The standard InChI is InChI=1S/C20H21FO3/c1-4-24-20(23)19(14(3)22)13(2)15-5-7-16(8-6-15)17-9-11-18(21)12-10-17/h5-13,19H,4H2,1-3H3. The van der Waals surface area contributed by atoms with Gasteiger partial charge in [0.25, 0.3) is 0 Å². The van der Waals surface area contributed by atoms with Gasteiger partial charge in [0.2, 0.25) is 0 Å². The van der Waals surface area contributed by atoms with Crippen molar-refractivity contribution in [1.82, 2.24) is 0 Å². The van der Waals surface area contributed by atoms with E-state index in [4.69, 9.17) is 4.74 Å². The van der Waals surface area contributed by atoms with Gasteiger partial charge in [-0.1, -0.05) is 43.3 Å². The van der Waals surface area contributed by atoms with Gasteiger partial charge in [-0.15, -0.1) is 0 Å². The molecule has 0 spiro atoms. The van der Waals surface area contributed by atoms with Crippen molar-refractivity contribution in [1.29, 1.82) is 0 Å². The molecule has 0 heterocycles. The predicted octanol–water partition coefficient (Wildman–Crippen LogP) is 4.36. The molecule has 0 saturated heterocycles. The van der Waals surface area contributed by atoms with E-state index in [0.717, 1.165) is 16.7 Å². The number of benzene rings is 2. The summed E-state index contributed by atoms with van der Waals surface area (Å²) in [5.41, 5.74) is 2.74. The second-order valence-electron chi connectivity index (χ2n) is 5.76. The zero-order chi connectivity index (χ0) is 17.7. The number of carbonyl (C=O) groups excluding carboxylic acids is 2. The number of rotatable bonds is 6. The Labute approximate surface area is 141 Å². The lowest BCUT2D eigenvalue weighted by Crippen LogP contribution is -2.29. The van der Waals surface area contributed by atoms with Crippen molar-refractivity contribution in [3.05, 3.63) is 59.9 Å². The smallest absolute Gasteiger partial charge is 0.317 e. The molecule has 2 unspecified atom stereocenters. The Bertz CT molecular complexity index is 705. The van der Waals surface area contributed by atoms with Gasteiger partial charge in [0.15, 0.2) is 0 Å². The largest absolute Gasteiger partial charge is 0.465 e. The van der Waals surface area contributed by atoms with Crippen molar-refractivity contribution in [3.63, 3.8) is 0 Å². The van der Waals surface area contributed by atoms with Crippen LogP contribution in [0.4, 0.5) is 4.39 Å². The van der Waals surface area contributed by atoms with Gasteiger partial charge in [0, 0.05) is 5.92 Å². The molecule has 0 aliphatic carbocycles. The Morgan fingerprint density at radius 3 is 1.96 bits per heavy atom. The average Bonchev–Trinajstić information content (AvgIpc) is 2.55. The first-order chi connectivity index (χ1) is 11.4. The number of hydrogen-bond acceptors (Lipinski definition) is 3. The molecule has 24 heavy (non-hydrogen) atoms. The normalized spacial score (nSPS) is 13.2. The minimum absolute atomic E-state index is 0.205. The van der Waals surface area contributed by atoms with Crippen LogP contribution in [0.15, 0.2) is 48.5 Å². The number of esters is 1. The Balaban J connectivity index is 2.23. The van der Waals surface area contributed by atoms with Crippen molar-refractivity contribution in [2.45, 2.75) is 26.7 Å². The highest BCUT2D eigenvalue weighted by molar-refractivity contribution is 5.98. The van der Waals surface area contributed by atoms with Crippen LogP contribution in [0.25, 0.3) is 11.1 Å². The molecule has 126 valence electrons. The minimum Gasteiger partial charge on any atom is -0.465 e. The highest BCUT2D eigenvalue weighted by Crippen LogP contribution is 2.29. The zero-order valence-corrected chi connectivity index (χ0v) is 14.1. The molecule has 0 fully saturated rings. The van der Waals surface area contributed by atoms with Gasteiger partial charge in [-0.2, -0.15) is 0 Å². The maximum absolute atomic E-state index is 13.0. The Morgan fingerprint density at radius 2 is 1.50 bits per heavy atom. The quantitative estimate of drug-likeness (QED) is 0.584. The van der Waals surface area contributed by atoms with E-state index in [9.17, 15) is 14.0 Å².